The molecule has 0 aliphatic rings. The molecular formula is C17H18N6O2. The highest BCUT2D eigenvalue weighted by Gasteiger charge is 2.22. The van der Waals surface area contributed by atoms with Crippen LogP contribution in [0.25, 0.3) is 0 Å². The topological polar surface area (TPSA) is 108 Å². The lowest BCUT2D eigenvalue weighted by Gasteiger charge is -2.21. The predicted octanol–water partition coefficient (Wildman–Crippen LogP) is 1.52. The number of nitrogens with one attached hydrogen (secondary N) is 1. The molecule has 8 heteroatoms. The van der Waals surface area contributed by atoms with Gasteiger partial charge in [0.2, 0.25) is 0 Å². The summed E-state index contributed by atoms with van der Waals surface area (Å²) in [5, 5.41) is 11.1. The summed E-state index contributed by atoms with van der Waals surface area (Å²) in [7, 11) is 3.53. The highest BCUT2D eigenvalue weighted by atomic mass is 16.5. The molecule has 0 saturated carbocycles. The number of primary amides is 1. The molecule has 3 N–H and O–H groups in total. The molecule has 0 spiro atoms. The van der Waals surface area contributed by atoms with Crippen molar-refractivity contribution >= 4 is 11.7 Å². The highest BCUT2D eigenvalue weighted by Crippen LogP contribution is 2.31. The van der Waals surface area contributed by atoms with Crippen LogP contribution in [0.3, 0.4) is 0 Å². The summed E-state index contributed by atoms with van der Waals surface area (Å²) in [6, 6.07) is 10.5. The van der Waals surface area contributed by atoms with Gasteiger partial charge in [-0.25, -0.2) is 4.98 Å². The van der Waals surface area contributed by atoms with Gasteiger partial charge in [0.1, 0.15) is 23.4 Å². The number of imidazole rings is 1. The van der Waals surface area contributed by atoms with E-state index in [9.17, 15) is 4.79 Å². The van der Waals surface area contributed by atoms with Crippen molar-refractivity contribution in [3.05, 3.63) is 65.9 Å². The predicted molar refractivity (Wildman–Crippen MR) is 92.2 cm³/mol. The van der Waals surface area contributed by atoms with E-state index < -0.39 is 5.91 Å². The SMILES string of the molecule is COc1ccccc1C(Nc1ccc(C(N)=O)nn1)c1nccn1C. The van der Waals surface area contributed by atoms with Gasteiger partial charge in [-0.15, -0.1) is 10.2 Å². The molecular weight excluding hydrogens is 320 g/mol. The van der Waals surface area contributed by atoms with Crippen LogP contribution in [0.15, 0.2) is 48.8 Å². The van der Waals surface area contributed by atoms with Crippen LogP contribution in [0, 0.1) is 0 Å². The van der Waals surface area contributed by atoms with Crippen molar-refractivity contribution in [3.63, 3.8) is 0 Å². The second kappa shape index (κ2) is 7.00. The van der Waals surface area contributed by atoms with Crippen LogP contribution in [0.5, 0.6) is 5.75 Å². The molecule has 3 rings (SSSR count). The fourth-order valence-corrected chi connectivity index (χ4v) is 2.53. The van der Waals surface area contributed by atoms with Crippen LogP contribution in [0.4, 0.5) is 5.82 Å². The van der Waals surface area contributed by atoms with E-state index >= 15 is 0 Å². The van der Waals surface area contributed by atoms with Gasteiger partial charge in [0.15, 0.2) is 5.69 Å². The Morgan fingerprint density at radius 2 is 2.04 bits per heavy atom. The molecule has 0 bridgehead atoms. The van der Waals surface area contributed by atoms with E-state index in [2.05, 4.69) is 20.5 Å². The molecule has 0 aliphatic heterocycles. The fraction of sp³-hybridized carbons (Fsp3) is 0.176. The van der Waals surface area contributed by atoms with Crippen molar-refractivity contribution < 1.29 is 9.53 Å². The largest absolute Gasteiger partial charge is 0.496 e. The first kappa shape index (κ1) is 16.4. The molecule has 1 aromatic carbocycles. The van der Waals surface area contributed by atoms with Crippen LogP contribution >= 0.6 is 0 Å². The van der Waals surface area contributed by atoms with Gasteiger partial charge in [0.05, 0.1) is 7.11 Å². The zero-order valence-electron chi connectivity index (χ0n) is 13.9. The summed E-state index contributed by atoms with van der Waals surface area (Å²) in [6.45, 7) is 0. The number of rotatable bonds is 6. The van der Waals surface area contributed by atoms with E-state index in [0.29, 0.717) is 5.82 Å². The van der Waals surface area contributed by atoms with Crippen molar-refractivity contribution in [2.24, 2.45) is 12.8 Å². The smallest absolute Gasteiger partial charge is 0.269 e. The van der Waals surface area contributed by atoms with E-state index in [1.165, 1.54) is 6.07 Å². The molecule has 0 fully saturated rings. The van der Waals surface area contributed by atoms with Crippen LogP contribution in [-0.2, 0) is 7.05 Å². The van der Waals surface area contributed by atoms with Crippen molar-refractivity contribution in [1.29, 1.82) is 0 Å². The maximum Gasteiger partial charge on any atom is 0.269 e. The van der Waals surface area contributed by atoms with E-state index in [4.69, 9.17) is 10.5 Å². The number of ether oxygens (including phenoxy) is 1. The van der Waals surface area contributed by atoms with Gasteiger partial charge in [0, 0.05) is 25.0 Å². The third-order valence-electron chi connectivity index (χ3n) is 3.78. The molecule has 128 valence electrons. The van der Waals surface area contributed by atoms with E-state index in [1.807, 2.05) is 42.1 Å². The number of methoxy groups -OCH3 is 1. The summed E-state index contributed by atoms with van der Waals surface area (Å²) >= 11 is 0. The molecule has 3 aromatic rings. The maximum absolute atomic E-state index is 11.1. The number of nitrogens with two attached hydrogens (primary N) is 1. The number of anilines is 1. The van der Waals surface area contributed by atoms with Crippen molar-refractivity contribution in [1.82, 2.24) is 19.7 Å². The molecule has 0 aliphatic carbocycles. The van der Waals surface area contributed by atoms with Gasteiger partial charge in [-0.1, -0.05) is 18.2 Å². The number of hydrogen-bond donors (Lipinski definition) is 2. The summed E-state index contributed by atoms with van der Waals surface area (Å²) in [6.07, 6.45) is 3.59. The molecule has 2 aromatic heterocycles. The molecule has 1 amide bonds. The van der Waals surface area contributed by atoms with Gasteiger partial charge < -0.3 is 20.4 Å². The first-order valence-electron chi connectivity index (χ1n) is 7.60. The molecule has 1 atom stereocenters. The Morgan fingerprint density at radius 3 is 2.64 bits per heavy atom. The Labute approximate surface area is 144 Å². The lowest BCUT2D eigenvalue weighted by atomic mass is 10.0. The monoisotopic (exact) mass is 338 g/mol. The average Bonchev–Trinajstić information content (AvgIpc) is 3.06. The third kappa shape index (κ3) is 3.42. The fourth-order valence-electron chi connectivity index (χ4n) is 2.53. The first-order chi connectivity index (χ1) is 12.1. The molecule has 25 heavy (non-hydrogen) atoms. The molecule has 0 saturated heterocycles. The van der Waals surface area contributed by atoms with Crippen molar-refractivity contribution in [2.45, 2.75) is 6.04 Å². The Morgan fingerprint density at radius 1 is 1.24 bits per heavy atom. The lowest BCUT2D eigenvalue weighted by molar-refractivity contribution is 0.0994. The lowest BCUT2D eigenvalue weighted by Crippen LogP contribution is -2.19. The minimum absolute atomic E-state index is 0.108. The summed E-state index contributed by atoms with van der Waals surface area (Å²) in [5.41, 5.74) is 6.21. The average molecular weight is 338 g/mol. The number of carbonyl (C=O) groups excluding carboxylic acids is 1. The highest BCUT2D eigenvalue weighted by molar-refractivity contribution is 5.90. The Kier molecular flexibility index (Phi) is 4.60. The second-order valence-corrected chi connectivity index (χ2v) is 5.38. The minimum atomic E-state index is -0.621. The Hall–Kier alpha value is -3.42. The minimum Gasteiger partial charge on any atom is -0.496 e. The van der Waals surface area contributed by atoms with E-state index in [1.54, 1.807) is 19.4 Å². The first-order valence-corrected chi connectivity index (χ1v) is 7.60. The normalized spacial score (nSPS) is 11.8. The number of aromatic nitrogens is 4. The number of hydrogen-bond acceptors (Lipinski definition) is 6. The van der Waals surface area contributed by atoms with Crippen molar-refractivity contribution in [3.8, 4) is 5.75 Å². The number of para-hydroxylation sites is 1. The van der Waals surface area contributed by atoms with Gasteiger partial charge in [-0.3, -0.25) is 4.79 Å². The van der Waals surface area contributed by atoms with Gasteiger partial charge >= 0.3 is 0 Å². The quantitative estimate of drug-likeness (QED) is 0.705. The van der Waals surface area contributed by atoms with E-state index in [0.717, 1.165) is 17.1 Å². The third-order valence-corrected chi connectivity index (χ3v) is 3.78. The Bertz CT molecular complexity index is 875. The summed E-state index contributed by atoms with van der Waals surface area (Å²) in [4.78, 5) is 15.6. The standard InChI is InChI=1S/C17H18N6O2/c1-23-10-9-19-17(23)15(11-5-3-4-6-13(11)25-2)20-14-8-7-12(16(18)24)21-22-14/h3-10,15H,1-2H3,(H2,18,24)(H,20,22). The molecule has 2 heterocycles. The number of aryl methyl sites for hydroxylation is 1. The number of nitrogens with zero attached hydrogens (tertiary/aromatic N) is 4. The van der Waals surface area contributed by atoms with Gasteiger partial charge in [-0.2, -0.15) is 0 Å². The number of benzene rings is 1. The van der Waals surface area contributed by atoms with Crippen LogP contribution in [0.1, 0.15) is 27.9 Å². The van der Waals surface area contributed by atoms with Crippen molar-refractivity contribution in [2.75, 3.05) is 12.4 Å². The maximum atomic E-state index is 11.1. The zero-order valence-corrected chi connectivity index (χ0v) is 13.9. The molecule has 0 radical (unpaired) electrons. The summed E-state index contributed by atoms with van der Waals surface area (Å²) < 4.78 is 7.39. The van der Waals surface area contributed by atoms with E-state index in [-0.39, 0.29) is 11.7 Å². The number of amides is 1. The van der Waals surface area contributed by atoms with Crippen LogP contribution in [-0.4, -0.2) is 32.8 Å². The Balaban J connectivity index is 2.00. The zero-order chi connectivity index (χ0) is 17.8. The summed E-state index contributed by atoms with van der Waals surface area (Å²) in [5.74, 6) is 1.38. The molecule has 1 unspecified atom stereocenters. The van der Waals surface area contributed by atoms with Gasteiger partial charge in [-0.05, 0) is 18.2 Å². The second-order valence-electron chi connectivity index (χ2n) is 5.38. The number of carbonyl (C=O) groups is 1. The van der Waals surface area contributed by atoms with Crippen LogP contribution < -0.4 is 15.8 Å². The van der Waals surface area contributed by atoms with Gasteiger partial charge in [0.25, 0.3) is 5.91 Å². The molecule has 8 nitrogen and oxygen atoms in total. The van der Waals surface area contributed by atoms with Crippen LogP contribution in [0.2, 0.25) is 0 Å².